The summed E-state index contributed by atoms with van der Waals surface area (Å²) in [5, 5.41) is 3.59. The van der Waals surface area contributed by atoms with Crippen LogP contribution in [0.1, 0.15) is 47.1 Å². The van der Waals surface area contributed by atoms with Gasteiger partial charge in [-0.3, -0.25) is 4.79 Å². The molecule has 0 atom stereocenters. The van der Waals surface area contributed by atoms with Gasteiger partial charge in [-0.1, -0.05) is 61.8 Å². The molecule has 1 amide bonds. The molecule has 3 aromatic carbocycles. The summed E-state index contributed by atoms with van der Waals surface area (Å²) in [7, 11) is 0. The second-order valence-corrected chi connectivity index (χ2v) is 8.13. The Balaban J connectivity index is 1.58. The lowest BCUT2D eigenvalue weighted by Crippen LogP contribution is -2.24. The molecule has 0 spiro atoms. The molecule has 0 saturated carbocycles. The number of hydrogen-bond acceptors (Lipinski definition) is 2. The van der Waals surface area contributed by atoms with Crippen molar-refractivity contribution < 1.29 is 4.79 Å². The van der Waals surface area contributed by atoms with Gasteiger partial charge in [0.1, 0.15) is 5.82 Å². The molecule has 1 heterocycles. The average Bonchev–Trinajstić information content (AvgIpc) is 3.10. The van der Waals surface area contributed by atoms with Crippen LogP contribution in [0, 0.1) is 0 Å². The Morgan fingerprint density at radius 3 is 2.40 bits per heavy atom. The summed E-state index contributed by atoms with van der Waals surface area (Å²) >= 11 is 5.91. The standard InChI is InChI=1S/C25H24ClN3O/c1-17(2)19-9-7-18(8-10-19)16-29-23-6-4-3-5-22(23)28-24(29)15-27-25(30)20-11-13-21(26)14-12-20/h3-14,17H,15-16H2,1-2H3,(H,27,30). The number of carbonyl (C=O) groups excluding carboxylic acids is 1. The molecule has 30 heavy (non-hydrogen) atoms. The first-order valence-corrected chi connectivity index (χ1v) is 10.5. The maximum absolute atomic E-state index is 12.5. The number of halogens is 1. The van der Waals surface area contributed by atoms with Gasteiger partial charge in [-0.2, -0.15) is 0 Å². The molecule has 5 heteroatoms. The number of imidazole rings is 1. The molecular formula is C25H24ClN3O. The second-order valence-electron chi connectivity index (χ2n) is 7.69. The van der Waals surface area contributed by atoms with Crippen LogP contribution in [0.3, 0.4) is 0 Å². The number of fused-ring (bicyclic) bond motifs is 1. The molecule has 0 saturated heterocycles. The van der Waals surface area contributed by atoms with E-state index < -0.39 is 0 Å². The predicted molar refractivity (Wildman–Crippen MR) is 122 cm³/mol. The number of nitrogens with zero attached hydrogens (tertiary/aromatic N) is 2. The van der Waals surface area contributed by atoms with E-state index in [0.29, 0.717) is 29.6 Å². The number of carbonyl (C=O) groups is 1. The third kappa shape index (κ3) is 4.39. The molecule has 4 nitrogen and oxygen atoms in total. The summed E-state index contributed by atoms with van der Waals surface area (Å²) < 4.78 is 2.17. The van der Waals surface area contributed by atoms with Crippen molar-refractivity contribution in [2.24, 2.45) is 0 Å². The van der Waals surface area contributed by atoms with Crippen molar-refractivity contribution in [2.75, 3.05) is 0 Å². The molecule has 0 aliphatic carbocycles. The molecule has 4 rings (SSSR count). The fourth-order valence-electron chi connectivity index (χ4n) is 3.49. The first kappa shape index (κ1) is 20.2. The van der Waals surface area contributed by atoms with Gasteiger partial charge in [0.05, 0.1) is 17.6 Å². The Morgan fingerprint density at radius 1 is 1.00 bits per heavy atom. The van der Waals surface area contributed by atoms with Crippen molar-refractivity contribution in [1.29, 1.82) is 0 Å². The first-order chi connectivity index (χ1) is 14.5. The van der Waals surface area contributed by atoms with E-state index in [0.717, 1.165) is 16.9 Å². The Kier molecular flexibility index (Phi) is 5.86. The Labute approximate surface area is 181 Å². The zero-order valence-corrected chi connectivity index (χ0v) is 17.9. The van der Waals surface area contributed by atoms with Gasteiger partial charge < -0.3 is 9.88 Å². The van der Waals surface area contributed by atoms with Gasteiger partial charge in [-0.05, 0) is 53.4 Å². The van der Waals surface area contributed by atoms with Crippen LogP contribution in [0.2, 0.25) is 5.02 Å². The normalized spacial score (nSPS) is 11.2. The fourth-order valence-corrected chi connectivity index (χ4v) is 3.62. The average molecular weight is 418 g/mol. The fraction of sp³-hybridized carbons (Fsp3) is 0.200. The van der Waals surface area contributed by atoms with E-state index in [1.165, 1.54) is 11.1 Å². The quantitative estimate of drug-likeness (QED) is 0.431. The summed E-state index contributed by atoms with van der Waals surface area (Å²) in [4.78, 5) is 17.3. The zero-order valence-electron chi connectivity index (χ0n) is 17.1. The van der Waals surface area contributed by atoms with Crippen LogP contribution in [0.4, 0.5) is 0 Å². The van der Waals surface area contributed by atoms with Crippen LogP contribution in [0.25, 0.3) is 11.0 Å². The molecule has 0 aliphatic heterocycles. The monoisotopic (exact) mass is 417 g/mol. The van der Waals surface area contributed by atoms with Gasteiger partial charge in [0.15, 0.2) is 0 Å². The van der Waals surface area contributed by atoms with E-state index in [1.807, 2.05) is 18.2 Å². The van der Waals surface area contributed by atoms with E-state index in [4.69, 9.17) is 16.6 Å². The molecule has 1 N–H and O–H groups in total. The number of aromatic nitrogens is 2. The number of rotatable bonds is 6. The van der Waals surface area contributed by atoms with Crippen LogP contribution in [-0.4, -0.2) is 15.5 Å². The lowest BCUT2D eigenvalue weighted by atomic mass is 10.0. The highest BCUT2D eigenvalue weighted by Gasteiger charge is 2.13. The van der Waals surface area contributed by atoms with Crippen LogP contribution in [-0.2, 0) is 13.1 Å². The molecular weight excluding hydrogens is 394 g/mol. The van der Waals surface area contributed by atoms with E-state index in [2.05, 4.69) is 54.1 Å². The molecule has 0 radical (unpaired) electrons. The number of amides is 1. The molecule has 0 fully saturated rings. The zero-order chi connectivity index (χ0) is 21.1. The highest BCUT2D eigenvalue weighted by molar-refractivity contribution is 6.30. The number of para-hydroxylation sites is 2. The predicted octanol–water partition coefficient (Wildman–Crippen LogP) is 5.79. The van der Waals surface area contributed by atoms with Gasteiger partial charge >= 0.3 is 0 Å². The summed E-state index contributed by atoms with van der Waals surface area (Å²) in [6, 6.07) is 23.6. The van der Waals surface area contributed by atoms with Crippen molar-refractivity contribution in [1.82, 2.24) is 14.9 Å². The molecule has 4 aromatic rings. The Morgan fingerprint density at radius 2 is 1.70 bits per heavy atom. The summed E-state index contributed by atoms with van der Waals surface area (Å²) in [5.41, 5.74) is 5.08. The lowest BCUT2D eigenvalue weighted by Gasteiger charge is -2.12. The number of benzene rings is 3. The minimum atomic E-state index is -0.147. The van der Waals surface area contributed by atoms with Gasteiger partial charge in [-0.15, -0.1) is 0 Å². The van der Waals surface area contributed by atoms with Crippen molar-refractivity contribution in [3.05, 3.63) is 100 Å². The number of nitrogens with one attached hydrogen (secondary N) is 1. The number of hydrogen-bond donors (Lipinski definition) is 1. The van der Waals surface area contributed by atoms with Gasteiger partial charge in [0.25, 0.3) is 5.91 Å². The smallest absolute Gasteiger partial charge is 0.251 e. The Hall–Kier alpha value is -3.11. The van der Waals surface area contributed by atoms with Crippen molar-refractivity contribution in [3.63, 3.8) is 0 Å². The molecule has 152 valence electrons. The van der Waals surface area contributed by atoms with E-state index in [9.17, 15) is 4.79 Å². The van der Waals surface area contributed by atoms with Crippen LogP contribution in [0.5, 0.6) is 0 Å². The molecule has 0 aliphatic rings. The van der Waals surface area contributed by atoms with Crippen molar-refractivity contribution in [3.8, 4) is 0 Å². The van der Waals surface area contributed by atoms with E-state index in [1.54, 1.807) is 24.3 Å². The van der Waals surface area contributed by atoms with Crippen LogP contribution in [0.15, 0.2) is 72.8 Å². The lowest BCUT2D eigenvalue weighted by molar-refractivity contribution is 0.0949. The minimum Gasteiger partial charge on any atom is -0.345 e. The summed E-state index contributed by atoms with van der Waals surface area (Å²) in [6.07, 6.45) is 0. The second kappa shape index (κ2) is 8.72. The minimum absolute atomic E-state index is 0.147. The SMILES string of the molecule is CC(C)c1ccc(Cn2c(CNC(=O)c3ccc(Cl)cc3)nc3ccccc32)cc1. The third-order valence-corrected chi connectivity index (χ3v) is 5.49. The van der Waals surface area contributed by atoms with Crippen molar-refractivity contribution >= 4 is 28.5 Å². The maximum atomic E-state index is 12.5. The highest BCUT2D eigenvalue weighted by Crippen LogP contribution is 2.20. The Bertz CT molecular complexity index is 1160. The van der Waals surface area contributed by atoms with Gasteiger partial charge in [0.2, 0.25) is 0 Å². The highest BCUT2D eigenvalue weighted by atomic mass is 35.5. The van der Waals surface area contributed by atoms with Crippen LogP contribution < -0.4 is 5.32 Å². The van der Waals surface area contributed by atoms with E-state index >= 15 is 0 Å². The topological polar surface area (TPSA) is 46.9 Å². The molecule has 0 unspecified atom stereocenters. The third-order valence-electron chi connectivity index (χ3n) is 5.23. The molecule has 1 aromatic heterocycles. The largest absolute Gasteiger partial charge is 0.345 e. The maximum Gasteiger partial charge on any atom is 0.251 e. The summed E-state index contributed by atoms with van der Waals surface area (Å²) in [5.74, 6) is 1.18. The van der Waals surface area contributed by atoms with Crippen molar-refractivity contribution in [2.45, 2.75) is 32.9 Å². The van der Waals surface area contributed by atoms with Gasteiger partial charge in [-0.25, -0.2) is 4.98 Å². The molecule has 0 bridgehead atoms. The first-order valence-electron chi connectivity index (χ1n) is 10.1. The van der Waals surface area contributed by atoms with Gasteiger partial charge in [0, 0.05) is 17.1 Å². The van der Waals surface area contributed by atoms with E-state index in [-0.39, 0.29) is 5.91 Å². The van der Waals surface area contributed by atoms with Crippen LogP contribution >= 0.6 is 11.6 Å². The summed E-state index contributed by atoms with van der Waals surface area (Å²) in [6.45, 7) is 5.44.